The highest BCUT2D eigenvalue weighted by Gasteiger charge is 2.27. The molecule has 7 nitrogen and oxygen atoms in total. The molecule has 4 rings (SSSR count). The van der Waals surface area contributed by atoms with E-state index in [1.807, 2.05) is 0 Å². The highest BCUT2D eigenvalue weighted by Crippen LogP contribution is 2.32. The number of halogens is 4. The maximum Gasteiger partial charge on any atom is 0.257 e. The minimum Gasteiger partial charge on any atom is -0.503 e. The Morgan fingerprint density at radius 3 is 2.50 bits per heavy atom. The van der Waals surface area contributed by atoms with Crippen molar-refractivity contribution in [2.45, 2.75) is 32.4 Å². The van der Waals surface area contributed by atoms with Crippen molar-refractivity contribution < 1.29 is 32.3 Å². The lowest BCUT2D eigenvalue weighted by molar-refractivity contribution is -0.107. The maximum atomic E-state index is 13.9. The molecule has 2 aromatic carbocycles. The Morgan fingerprint density at radius 1 is 1.14 bits per heavy atom. The van der Waals surface area contributed by atoms with Crippen LogP contribution < -0.4 is 15.6 Å². The normalized spacial score (nSPS) is 15.2. The SMILES string of the molecule is Cc1c(O)c(=O)c(C(=O)NCc2c(F)cc(F)cc2F)cn1C1CCc2cc(F)ccc2N(C=O)C1. The number of carbonyl (C=O) groups excluding carboxylic acids is 2. The predicted octanol–water partition coefficient (Wildman–Crippen LogP) is 3.50. The van der Waals surface area contributed by atoms with E-state index >= 15 is 0 Å². The molecule has 2 heterocycles. The van der Waals surface area contributed by atoms with Gasteiger partial charge in [-0.2, -0.15) is 0 Å². The molecule has 1 aromatic heterocycles. The van der Waals surface area contributed by atoms with Crippen molar-refractivity contribution in [1.29, 1.82) is 0 Å². The number of nitrogens with zero attached hydrogens (tertiary/aromatic N) is 2. The van der Waals surface area contributed by atoms with Crippen LogP contribution in [0.4, 0.5) is 23.2 Å². The molecule has 0 saturated heterocycles. The summed E-state index contributed by atoms with van der Waals surface area (Å²) in [4.78, 5) is 38.6. The van der Waals surface area contributed by atoms with Gasteiger partial charge in [0.05, 0.1) is 11.7 Å². The molecule has 0 bridgehead atoms. The van der Waals surface area contributed by atoms with Crippen LogP contribution in [0.25, 0.3) is 0 Å². The lowest BCUT2D eigenvalue weighted by atomic mass is 10.0. The van der Waals surface area contributed by atoms with Crippen molar-refractivity contribution in [1.82, 2.24) is 9.88 Å². The summed E-state index contributed by atoms with van der Waals surface area (Å²) in [6, 6.07) is 4.48. The van der Waals surface area contributed by atoms with Gasteiger partial charge in [-0.3, -0.25) is 14.4 Å². The predicted molar refractivity (Wildman–Crippen MR) is 122 cm³/mol. The Labute approximate surface area is 202 Å². The number of hydrogen-bond donors (Lipinski definition) is 2. The van der Waals surface area contributed by atoms with Gasteiger partial charge in [-0.25, -0.2) is 17.6 Å². The summed E-state index contributed by atoms with van der Waals surface area (Å²) < 4.78 is 56.2. The van der Waals surface area contributed by atoms with Gasteiger partial charge in [0.25, 0.3) is 5.91 Å². The van der Waals surface area contributed by atoms with Crippen LogP contribution in [-0.2, 0) is 17.8 Å². The summed E-state index contributed by atoms with van der Waals surface area (Å²) in [5.74, 6) is -5.71. The van der Waals surface area contributed by atoms with Crippen molar-refractivity contribution in [2.24, 2.45) is 0 Å². The fraction of sp³-hybridized carbons (Fsp3) is 0.240. The fourth-order valence-corrected chi connectivity index (χ4v) is 4.35. The second-order valence-corrected chi connectivity index (χ2v) is 8.47. The van der Waals surface area contributed by atoms with E-state index in [1.165, 1.54) is 40.8 Å². The average Bonchev–Trinajstić information content (AvgIpc) is 3.01. The van der Waals surface area contributed by atoms with Crippen LogP contribution in [0.5, 0.6) is 5.75 Å². The van der Waals surface area contributed by atoms with Crippen molar-refractivity contribution in [3.05, 3.63) is 92.4 Å². The summed E-state index contributed by atoms with van der Waals surface area (Å²) in [5.41, 5.74) is -0.817. The lowest BCUT2D eigenvalue weighted by Gasteiger charge is -2.26. The molecule has 0 radical (unpaired) electrons. The number of nitrogens with one attached hydrogen (secondary N) is 1. The van der Waals surface area contributed by atoms with Gasteiger partial charge < -0.3 is 19.9 Å². The molecule has 0 fully saturated rings. The molecule has 2 N–H and O–H groups in total. The van der Waals surface area contributed by atoms with Gasteiger partial charge in [0, 0.05) is 42.7 Å². The highest BCUT2D eigenvalue weighted by atomic mass is 19.1. The number of amides is 2. The average molecular weight is 503 g/mol. The van der Waals surface area contributed by atoms with Gasteiger partial charge in [0.2, 0.25) is 11.8 Å². The zero-order valence-corrected chi connectivity index (χ0v) is 19.0. The Hall–Kier alpha value is -4.15. The number of rotatable bonds is 5. The standard InChI is InChI=1S/C25H21F4N3O4/c1-13-23(34)24(35)19(25(36)30-9-18-20(28)7-16(27)8-21(18)29)11-32(13)17-4-2-14-6-15(26)3-5-22(14)31(10-17)12-33/h3,5-8,11-12,17,34H,2,4,9-10H2,1H3,(H,30,36). The summed E-state index contributed by atoms with van der Waals surface area (Å²) in [6.07, 6.45) is 2.55. The van der Waals surface area contributed by atoms with Crippen molar-refractivity contribution >= 4 is 18.0 Å². The fourth-order valence-electron chi connectivity index (χ4n) is 4.35. The molecule has 11 heteroatoms. The third kappa shape index (κ3) is 4.68. The van der Waals surface area contributed by atoms with Crippen molar-refractivity contribution in [2.75, 3.05) is 11.4 Å². The van der Waals surface area contributed by atoms with Gasteiger partial charge in [-0.15, -0.1) is 0 Å². The van der Waals surface area contributed by atoms with Gasteiger partial charge in [-0.1, -0.05) is 0 Å². The zero-order chi connectivity index (χ0) is 26.1. The largest absolute Gasteiger partial charge is 0.503 e. The molecule has 1 aliphatic heterocycles. The topological polar surface area (TPSA) is 91.6 Å². The van der Waals surface area contributed by atoms with E-state index in [2.05, 4.69) is 5.32 Å². The third-order valence-corrected chi connectivity index (χ3v) is 6.26. The summed E-state index contributed by atoms with van der Waals surface area (Å²) in [5, 5.41) is 12.7. The molecule has 36 heavy (non-hydrogen) atoms. The second kappa shape index (κ2) is 9.84. The van der Waals surface area contributed by atoms with E-state index in [4.69, 9.17) is 0 Å². The second-order valence-electron chi connectivity index (χ2n) is 8.47. The molecule has 1 atom stereocenters. The van der Waals surface area contributed by atoms with E-state index in [0.29, 0.717) is 42.6 Å². The lowest BCUT2D eigenvalue weighted by Crippen LogP contribution is -2.33. The van der Waals surface area contributed by atoms with Crippen LogP contribution >= 0.6 is 0 Å². The zero-order valence-electron chi connectivity index (χ0n) is 19.0. The first kappa shape index (κ1) is 25.0. The van der Waals surface area contributed by atoms with Crippen molar-refractivity contribution in [3.8, 4) is 5.75 Å². The van der Waals surface area contributed by atoms with E-state index in [1.54, 1.807) is 0 Å². The Balaban J connectivity index is 1.65. The Morgan fingerprint density at radius 2 is 1.83 bits per heavy atom. The van der Waals surface area contributed by atoms with E-state index in [9.17, 15) is 37.1 Å². The van der Waals surface area contributed by atoms with E-state index in [-0.39, 0.29) is 12.2 Å². The van der Waals surface area contributed by atoms with Crippen LogP contribution in [0.3, 0.4) is 0 Å². The first-order valence-electron chi connectivity index (χ1n) is 11.0. The number of aromatic hydroxyl groups is 1. The van der Waals surface area contributed by atoms with Crippen LogP contribution in [0, 0.1) is 30.2 Å². The summed E-state index contributed by atoms with van der Waals surface area (Å²) in [7, 11) is 0. The maximum absolute atomic E-state index is 13.9. The number of fused-ring (bicyclic) bond motifs is 1. The first-order chi connectivity index (χ1) is 17.1. The quantitative estimate of drug-likeness (QED) is 0.412. The molecule has 3 aromatic rings. The summed E-state index contributed by atoms with van der Waals surface area (Å²) >= 11 is 0. The molecular formula is C25H21F4N3O4. The van der Waals surface area contributed by atoms with E-state index in [0.717, 1.165) is 0 Å². The number of anilines is 1. The molecule has 2 amide bonds. The molecule has 0 saturated carbocycles. The monoisotopic (exact) mass is 503 g/mol. The Bertz CT molecular complexity index is 1400. The minimum absolute atomic E-state index is 0.109. The molecular weight excluding hydrogens is 482 g/mol. The molecule has 0 aliphatic carbocycles. The molecule has 188 valence electrons. The number of benzene rings is 2. The molecule has 0 spiro atoms. The molecule has 1 unspecified atom stereocenters. The third-order valence-electron chi connectivity index (χ3n) is 6.26. The van der Waals surface area contributed by atoms with Gasteiger partial charge in [0.1, 0.15) is 28.8 Å². The van der Waals surface area contributed by atoms with Crippen LogP contribution in [-0.4, -0.2) is 28.5 Å². The van der Waals surface area contributed by atoms with Crippen LogP contribution in [0.1, 0.15) is 39.6 Å². The first-order valence-corrected chi connectivity index (χ1v) is 11.0. The number of aromatic nitrogens is 1. The van der Waals surface area contributed by atoms with Gasteiger partial charge in [0.15, 0.2) is 5.75 Å². The van der Waals surface area contributed by atoms with Crippen molar-refractivity contribution in [3.63, 3.8) is 0 Å². The van der Waals surface area contributed by atoms with Gasteiger partial charge >= 0.3 is 0 Å². The number of pyridine rings is 1. The highest BCUT2D eigenvalue weighted by molar-refractivity contribution is 5.94. The van der Waals surface area contributed by atoms with Crippen LogP contribution in [0.2, 0.25) is 0 Å². The van der Waals surface area contributed by atoms with Crippen LogP contribution in [0.15, 0.2) is 41.3 Å². The minimum atomic E-state index is -1.21. The van der Waals surface area contributed by atoms with Gasteiger partial charge in [-0.05, 0) is 43.5 Å². The summed E-state index contributed by atoms with van der Waals surface area (Å²) in [6.45, 7) is 0.900. The number of carbonyl (C=O) groups is 2. The van der Waals surface area contributed by atoms with E-state index < -0.39 is 64.1 Å². The number of hydrogen-bond acceptors (Lipinski definition) is 4. The smallest absolute Gasteiger partial charge is 0.257 e. The number of aryl methyl sites for hydroxylation is 1. The molecule has 1 aliphatic rings. The Kier molecular flexibility index (Phi) is 6.82.